The van der Waals surface area contributed by atoms with Gasteiger partial charge in [0.1, 0.15) is 6.07 Å². The van der Waals surface area contributed by atoms with E-state index in [0.29, 0.717) is 5.69 Å². The fraction of sp³-hybridized carbons (Fsp3) is 0. The molecule has 3 rings (SSSR count). The molecule has 0 atom stereocenters. The smallest absolute Gasteiger partial charge is 0.196 e. The fourth-order valence-electron chi connectivity index (χ4n) is 1.65. The third kappa shape index (κ3) is 1.50. The van der Waals surface area contributed by atoms with Crippen molar-refractivity contribution in [2.75, 3.05) is 0 Å². The third-order valence-corrected chi connectivity index (χ3v) is 3.49. The normalized spacial score (nSPS) is 10.6. The van der Waals surface area contributed by atoms with Crippen LogP contribution < -0.4 is 0 Å². The Labute approximate surface area is 106 Å². The average Bonchev–Trinajstić information content (AvgIpc) is 2.88. The summed E-state index contributed by atoms with van der Waals surface area (Å²) in [6, 6.07) is 5.85. The molecule has 0 aliphatic heterocycles. The molecule has 0 aliphatic carbocycles. The van der Waals surface area contributed by atoms with Gasteiger partial charge in [-0.2, -0.15) is 5.26 Å². The zero-order valence-electron chi connectivity index (χ0n) is 8.46. The van der Waals surface area contributed by atoms with Crippen LogP contribution in [0.15, 0.2) is 29.9 Å². The molecular formula is C11H5ClN4S. The van der Waals surface area contributed by atoms with Crippen molar-refractivity contribution in [3.05, 3.63) is 40.8 Å². The van der Waals surface area contributed by atoms with Crippen LogP contribution in [0.25, 0.3) is 16.2 Å². The lowest BCUT2D eigenvalue weighted by atomic mass is 10.2. The molecule has 0 aliphatic rings. The number of pyridine rings is 1. The molecule has 0 fully saturated rings. The summed E-state index contributed by atoms with van der Waals surface area (Å²) in [7, 11) is 0. The summed E-state index contributed by atoms with van der Waals surface area (Å²) in [5.74, 6) is 0. The maximum atomic E-state index is 9.09. The first kappa shape index (κ1) is 10.3. The van der Waals surface area contributed by atoms with Crippen molar-refractivity contribution in [2.24, 2.45) is 0 Å². The lowest BCUT2D eigenvalue weighted by Crippen LogP contribution is -1.89. The number of nitrogens with zero attached hydrogens (tertiary/aromatic N) is 4. The number of rotatable bonds is 1. The van der Waals surface area contributed by atoms with E-state index in [1.165, 1.54) is 11.3 Å². The molecule has 0 aromatic carbocycles. The summed E-state index contributed by atoms with van der Waals surface area (Å²) in [6.45, 7) is 0. The van der Waals surface area contributed by atoms with Gasteiger partial charge < -0.3 is 0 Å². The van der Waals surface area contributed by atoms with Gasteiger partial charge in [-0.25, -0.2) is 4.98 Å². The van der Waals surface area contributed by atoms with E-state index in [-0.39, 0.29) is 5.15 Å². The molecule has 0 saturated heterocycles. The topological polar surface area (TPSA) is 54.0 Å². The summed E-state index contributed by atoms with van der Waals surface area (Å²) < 4.78 is 1.77. The van der Waals surface area contributed by atoms with E-state index in [1.54, 1.807) is 16.8 Å². The highest BCUT2D eigenvalue weighted by Gasteiger charge is 2.15. The van der Waals surface area contributed by atoms with E-state index in [1.807, 2.05) is 17.5 Å². The fourth-order valence-corrected chi connectivity index (χ4v) is 2.81. The van der Waals surface area contributed by atoms with Crippen LogP contribution in [0.1, 0.15) is 5.69 Å². The van der Waals surface area contributed by atoms with Crippen LogP contribution in [0.4, 0.5) is 0 Å². The Kier molecular flexibility index (Phi) is 2.32. The van der Waals surface area contributed by atoms with Crippen LogP contribution in [0.2, 0.25) is 5.15 Å². The van der Waals surface area contributed by atoms with E-state index in [0.717, 1.165) is 16.2 Å². The first-order chi connectivity index (χ1) is 8.31. The minimum atomic E-state index is 0.245. The number of halogens is 1. The minimum Gasteiger partial charge on any atom is -0.273 e. The van der Waals surface area contributed by atoms with Crippen molar-refractivity contribution in [1.82, 2.24) is 14.4 Å². The molecule has 0 spiro atoms. The monoisotopic (exact) mass is 260 g/mol. The number of hydrogen-bond acceptors (Lipinski definition) is 4. The maximum absolute atomic E-state index is 9.09. The number of fused-ring (bicyclic) bond motifs is 1. The molecule has 0 N–H and O–H groups in total. The van der Waals surface area contributed by atoms with Gasteiger partial charge in [0.25, 0.3) is 0 Å². The number of aromatic nitrogens is 3. The van der Waals surface area contributed by atoms with Gasteiger partial charge in [-0.15, -0.1) is 11.3 Å². The zero-order valence-corrected chi connectivity index (χ0v) is 10.0. The van der Waals surface area contributed by atoms with E-state index >= 15 is 0 Å². The predicted molar refractivity (Wildman–Crippen MR) is 66.0 cm³/mol. The Balaban J connectivity index is 2.35. The molecule has 0 amide bonds. The number of thiazole rings is 1. The molecule has 3 aromatic heterocycles. The van der Waals surface area contributed by atoms with E-state index in [2.05, 4.69) is 16.0 Å². The molecule has 0 radical (unpaired) electrons. The molecule has 0 unspecified atom stereocenters. The SMILES string of the molecule is N#Cc1c(Cl)nc2scc(-c3ccncc3)n12. The molecule has 3 heterocycles. The summed E-state index contributed by atoms with van der Waals surface area (Å²) >= 11 is 7.36. The van der Waals surface area contributed by atoms with Gasteiger partial charge in [-0.05, 0) is 12.1 Å². The predicted octanol–water partition coefficient (Wildman–Crippen LogP) is 2.98. The van der Waals surface area contributed by atoms with E-state index < -0.39 is 0 Å². The Bertz CT molecular complexity index is 723. The quantitative estimate of drug-likeness (QED) is 0.676. The van der Waals surface area contributed by atoms with Gasteiger partial charge >= 0.3 is 0 Å². The highest BCUT2D eigenvalue weighted by molar-refractivity contribution is 7.15. The number of hydrogen-bond donors (Lipinski definition) is 0. The molecule has 82 valence electrons. The van der Waals surface area contributed by atoms with Crippen LogP contribution >= 0.6 is 22.9 Å². The zero-order chi connectivity index (χ0) is 11.8. The van der Waals surface area contributed by atoms with Crippen molar-refractivity contribution < 1.29 is 0 Å². The Morgan fingerprint density at radius 2 is 2.12 bits per heavy atom. The van der Waals surface area contributed by atoms with Gasteiger partial charge in [0.05, 0.1) is 5.69 Å². The minimum absolute atomic E-state index is 0.245. The summed E-state index contributed by atoms with van der Waals surface area (Å²) in [4.78, 5) is 8.83. The average molecular weight is 261 g/mol. The molecule has 17 heavy (non-hydrogen) atoms. The summed E-state index contributed by atoms with van der Waals surface area (Å²) in [5.41, 5.74) is 2.26. The summed E-state index contributed by atoms with van der Waals surface area (Å²) in [6.07, 6.45) is 3.42. The number of imidazole rings is 1. The van der Waals surface area contributed by atoms with Crippen LogP contribution in [0.3, 0.4) is 0 Å². The Hall–Kier alpha value is -1.90. The van der Waals surface area contributed by atoms with Gasteiger partial charge in [0.2, 0.25) is 0 Å². The van der Waals surface area contributed by atoms with Crippen LogP contribution in [-0.4, -0.2) is 14.4 Å². The van der Waals surface area contributed by atoms with Gasteiger partial charge in [0, 0.05) is 23.3 Å². The van der Waals surface area contributed by atoms with E-state index in [9.17, 15) is 0 Å². The van der Waals surface area contributed by atoms with Crippen LogP contribution in [0.5, 0.6) is 0 Å². The highest BCUT2D eigenvalue weighted by atomic mass is 35.5. The maximum Gasteiger partial charge on any atom is 0.196 e. The van der Waals surface area contributed by atoms with Crippen molar-refractivity contribution in [1.29, 1.82) is 5.26 Å². The van der Waals surface area contributed by atoms with Crippen molar-refractivity contribution in [3.8, 4) is 17.3 Å². The lowest BCUT2D eigenvalue weighted by Gasteiger charge is -1.99. The standard InChI is InChI=1S/C11H5ClN4S/c12-10-8(5-13)16-9(6-17-11(16)15-10)7-1-3-14-4-2-7/h1-4,6H. The first-order valence-electron chi connectivity index (χ1n) is 4.77. The third-order valence-electron chi connectivity index (χ3n) is 2.40. The lowest BCUT2D eigenvalue weighted by molar-refractivity contribution is 1.19. The van der Waals surface area contributed by atoms with Crippen molar-refractivity contribution >= 4 is 27.9 Å². The molecule has 0 saturated carbocycles. The summed E-state index contributed by atoms with van der Waals surface area (Å²) in [5, 5.41) is 11.3. The van der Waals surface area contributed by atoms with Gasteiger partial charge in [0.15, 0.2) is 15.8 Å². The van der Waals surface area contributed by atoms with Crippen LogP contribution in [-0.2, 0) is 0 Å². The molecular weight excluding hydrogens is 256 g/mol. The first-order valence-corrected chi connectivity index (χ1v) is 6.03. The molecule has 3 aromatic rings. The second kappa shape index (κ2) is 3.84. The Morgan fingerprint density at radius 3 is 2.82 bits per heavy atom. The highest BCUT2D eigenvalue weighted by Crippen LogP contribution is 2.29. The van der Waals surface area contributed by atoms with E-state index in [4.69, 9.17) is 16.9 Å². The number of nitriles is 1. The second-order valence-corrected chi connectivity index (χ2v) is 4.53. The van der Waals surface area contributed by atoms with Crippen molar-refractivity contribution in [2.45, 2.75) is 0 Å². The largest absolute Gasteiger partial charge is 0.273 e. The second-order valence-electron chi connectivity index (χ2n) is 3.34. The van der Waals surface area contributed by atoms with Gasteiger partial charge in [-0.3, -0.25) is 9.38 Å². The van der Waals surface area contributed by atoms with Gasteiger partial charge in [-0.1, -0.05) is 11.6 Å². The molecule has 6 heteroatoms. The van der Waals surface area contributed by atoms with Crippen molar-refractivity contribution in [3.63, 3.8) is 0 Å². The molecule has 0 bridgehead atoms. The molecule has 4 nitrogen and oxygen atoms in total. The van der Waals surface area contributed by atoms with Crippen LogP contribution in [0, 0.1) is 11.3 Å². The Morgan fingerprint density at radius 1 is 1.35 bits per heavy atom.